The molecule has 3 rings (SSSR count). The van der Waals surface area contributed by atoms with Crippen LogP contribution >= 0.6 is 0 Å². The molecule has 2 heterocycles. The summed E-state index contributed by atoms with van der Waals surface area (Å²) in [6.45, 7) is 2.40. The van der Waals surface area contributed by atoms with Crippen LogP contribution in [0.4, 0.5) is 0 Å². The maximum atomic E-state index is 12.3. The van der Waals surface area contributed by atoms with Crippen LogP contribution in [0.3, 0.4) is 0 Å². The van der Waals surface area contributed by atoms with Crippen molar-refractivity contribution >= 4 is 5.91 Å². The van der Waals surface area contributed by atoms with Crippen LogP contribution in [0.1, 0.15) is 18.4 Å². The second kappa shape index (κ2) is 4.45. The third kappa shape index (κ3) is 2.31. The Morgan fingerprint density at radius 1 is 1.47 bits per heavy atom. The summed E-state index contributed by atoms with van der Waals surface area (Å²) in [4.78, 5) is 18.4. The molecule has 0 aromatic carbocycles. The predicted molar refractivity (Wildman–Crippen MR) is 64.2 cm³/mol. The molecule has 1 aromatic rings. The average molecular weight is 231 g/mol. The lowest BCUT2D eigenvalue weighted by atomic mass is 10.0. The van der Waals surface area contributed by atoms with Crippen molar-refractivity contribution in [2.75, 3.05) is 13.1 Å². The highest BCUT2D eigenvalue weighted by atomic mass is 16.2. The molecule has 1 aromatic heterocycles. The van der Waals surface area contributed by atoms with E-state index in [1.807, 2.05) is 23.2 Å². The summed E-state index contributed by atoms with van der Waals surface area (Å²) in [6, 6.07) is 4.44. The van der Waals surface area contributed by atoms with Gasteiger partial charge in [-0.25, -0.2) is 0 Å². The lowest BCUT2D eigenvalue weighted by Gasteiger charge is -2.32. The Kier molecular flexibility index (Phi) is 2.81. The van der Waals surface area contributed by atoms with Crippen molar-refractivity contribution in [2.24, 2.45) is 5.92 Å². The van der Waals surface area contributed by atoms with E-state index in [1.54, 1.807) is 6.20 Å². The number of aromatic nitrogens is 1. The SMILES string of the molecule is O=C(C1CNC1)N(Cc1cccnc1)C1CC1. The van der Waals surface area contributed by atoms with Crippen molar-refractivity contribution in [3.8, 4) is 0 Å². The molecule has 2 fully saturated rings. The lowest BCUT2D eigenvalue weighted by Crippen LogP contribution is -2.52. The molecule has 1 amide bonds. The van der Waals surface area contributed by atoms with Gasteiger partial charge in [0.1, 0.15) is 0 Å². The third-order valence-corrected chi connectivity index (χ3v) is 3.48. The fourth-order valence-corrected chi connectivity index (χ4v) is 2.16. The van der Waals surface area contributed by atoms with E-state index in [2.05, 4.69) is 10.3 Å². The lowest BCUT2D eigenvalue weighted by molar-refractivity contribution is -0.138. The second-order valence-electron chi connectivity index (χ2n) is 4.91. The van der Waals surface area contributed by atoms with Crippen molar-refractivity contribution in [2.45, 2.75) is 25.4 Å². The van der Waals surface area contributed by atoms with Crippen LogP contribution in [0.15, 0.2) is 24.5 Å². The predicted octanol–water partition coefficient (Wildman–Crippen LogP) is 0.792. The zero-order valence-electron chi connectivity index (χ0n) is 9.80. The Labute approximate surface area is 101 Å². The van der Waals surface area contributed by atoms with Gasteiger partial charge in [0.2, 0.25) is 5.91 Å². The molecule has 0 radical (unpaired) electrons. The van der Waals surface area contributed by atoms with Crippen LogP contribution < -0.4 is 5.32 Å². The summed E-state index contributed by atoms with van der Waals surface area (Å²) < 4.78 is 0. The van der Waals surface area contributed by atoms with Crippen molar-refractivity contribution in [1.29, 1.82) is 0 Å². The van der Waals surface area contributed by atoms with Gasteiger partial charge in [-0.15, -0.1) is 0 Å². The number of nitrogens with zero attached hydrogens (tertiary/aromatic N) is 2. The average Bonchev–Trinajstić information content (AvgIpc) is 3.08. The van der Waals surface area contributed by atoms with Gasteiger partial charge in [-0.05, 0) is 24.5 Å². The number of carbonyl (C=O) groups is 1. The summed E-state index contributed by atoms with van der Waals surface area (Å²) in [5.41, 5.74) is 1.13. The van der Waals surface area contributed by atoms with Gasteiger partial charge in [0.05, 0.1) is 5.92 Å². The Balaban J connectivity index is 1.69. The second-order valence-corrected chi connectivity index (χ2v) is 4.91. The van der Waals surface area contributed by atoms with Crippen molar-refractivity contribution in [3.63, 3.8) is 0 Å². The molecule has 0 unspecified atom stereocenters. The van der Waals surface area contributed by atoms with Crippen LogP contribution in [0.5, 0.6) is 0 Å². The van der Waals surface area contributed by atoms with E-state index < -0.39 is 0 Å². The summed E-state index contributed by atoms with van der Waals surface area (Å²) in [6.07, 6.45) is 5.93. The molecule has 0 atom stereocenters. The number of hydrogen-bond donors (Lipinski definition) is 1. The van der Waals surface area contributed by atoms with E-state index in [9.17, 15) is 4.79 Å². The molecule has 1 aliphatic heterocycles. The minimum absolute atomic E-state index is 0.201. The molecular weight excluding hydrogens is 214 g/mol. The van der Waals surface area contributed by atoms with Crippen molar-refractivity contribution in [1.82, 2.24) is 15.2 Å². The van der Waals surface area contributed by atoms with Crippen LogP contribution in [0, 0.1) is 5.92 Å². The van der Waals surface area contributed by atoms with Gasteiger partial charge in [0.25, 0.3) is 0 Å². The fraction of sp³-hybridized carbons (Fsp3) is 0.538. The van der Waals surface area contributed by atoms with Gasteiger partial charge in [-0.2, -0.15) is 0 Å². The number of nitrogens with one attached hydrogen (secondary N) is 1. The summed E-state index contributed by atoms with van der Waals surface area (Å²) >= 11 is 0. The van der Waals surface area contributed by atoms with Crippen LogP contribution in [-0.2, 0) is 11.3 Å². The molecule has 90 valence electrons. The molecule has 1 aliphatic carbocycles. The standard InChI is InChI=1S/C13H17N3O/c17-13(11-7-15-8-11)16(12-3-4-12)9-10-2-1-5-14-6-10/h1-2,5-6,11-12,15H,3-4,7-9H2. The van der Waals surface area contributed by atoms with Gasteiger partial charge in [0.15, 0.2) is 0 Å². The zero-order chi connectivity index (χ0) is 11.7. The van der Waals surface area contributed by atoms with Crippen LogP contribution in [0.25, 0.3) is 0 Å². The Morgan fingerprint density at radius 2 is 2.29 bits per heavy atom. The largest absolute Gasteiger partial charge is 0.335 e. The number of hydrogen-bond acceptors (Lipinski definition) is 3. The third-order valence-electron chi connectivity index (χ3n) is 3.48. The molecule has 4 nitrogen and oxygen atoms in total. The summed E-state index contributed by atoms with van der Waals surface area (Å²) in [5.74, 6) is 0.516. The van der Waals surface area contributed by atoms with Crippen molar-refractivity contribution < 1.29 is 4.79 Å². The Bertz CT molecular complexity index is 398. The highest BCUT2D eigenvalue weighted by Crippen LogP contribution is 2.30. The fourth-order valence-electron chi connectivity index (χ4n) is 2.16. The molecule has 4 heteroatoms. The van der Waals surface area contributed by atoms with E-state index in [4.69, 9.17) is 0 Å². The van der Waals surface area contributed by atoms with E-state index in [0.717, 1.165) is 31.5 Å². The molecule has 2 aliphatic rings. The molecule has 0 bridgehead atoms. The summed E-state index contributed by atoms with van der Waals surface area (Å²) in [7, 11) is 0. The number of carbonyl (C=O) groups excluding carboxylic acids is 1. The topological polar surface area (TPSA) is 45.2 Å². The minimum atomic E-state index is 0.201. The van der Waals surface area contributed by atoms with Crippen LogP contribution in [-0.4, -0.2) is 34.9 Å². The van der Waals surface area contributed by atoms with Crippen LogP contribution in [0.2, 0.25) is 0 Å². The first-order chi connectivity index (χ1) is 8.34. The maximum absolute atomic E-state index is 12.3. The summed E-state index contributed by atoms with van der Waals surface area (Å²) in [5, 5.41) is 3.16. The highest BCUT2D eigenvalue weighted by Gasteiger charge is 2.37. The van der Waals surface area contributed by atoms with Gasteiger partial charge in [-0.1, -0.05) is 6.07 Å². The zero-order valence-corrected chi connectivity index (χ0v) is 9.80. The highest BCUT2D eigenvalue weighted by molar-refractivity contribution is 5.80. The first-order valence-electron chi connectivity index (χ1n) is 6.24. The first kappa shape index (κ1) is 10.7. The minimum Gasteiger partial charge on any atom is -0.335 e. The van der Waals surface area contributed by atoms with Crippen molar-refractivity contribution in [3.05, 3.63) is 30.1 Å². The van der Waals surface area contributed by atoms with Gasteiger partial charge in [0, 0.05) is 38.1 Å². The van der Waals surface area contributed by atoms with Gasteiger partial charge < -0.3 is 10.2 Å². The number of rotatable bonds is 4. The van der Waals surface area contributed by atoms with Gasteiger partial charge >= 0.3 is 0 Å². The molecule has 1 saturated carbocycles. The molecule has 1 saturated heterocycles. The quantitative estimate of drug-likeness (QED) is 0.833. The molecule has 17 heavy (non-hydrogen) atoms. The monoisotopic (exact) mass is 231 g/mol. The van der Waals surface area contributed by atoms with E-state index in [-0.39, 0.29) is 5.92 Å². The number of pyridine rings is 1. The van der Waals surface area contributed by atoms with E-state index in [1.165, 1.54) is 0 Å². The first-order valence-corrected chi connectivity index (χ1v) is 6.24. The molecule has 0 spiro atoms. The normalized spacial score (nSPS) is 19.8. The number of amides is 1. The smallest absolute Gasteiger partial charge is 0.228 e. The van der Waals surface area contributed by atoms with E-state index in [0.29, 0.717) is 18.5 Å². The maximum Gasteiger partial charge on any atom is 0.228 e. The molecule has 1 N–H and O–H groups in total. The Morgan fingerprint density at radius 3 is 2.82 bits per heavy atom. The molecular formula is C13H17N3O. The van der Waals surface area contributed by atoms with E-state index >= 15 is 0 Å². The Hall–Kier alpha value is -1.42. The van der Waals surface area contributed by atoms with Gasteiger partial charge in [-0.3, -0.25) is 9.78 Å².